The second-order valence-corrected chi connectivity index (χ2v) is 8.60. The Kier molecular flexibility index (Phi) is 4.79. The Hall–Kier alpha value is -2.53. The first kappa shape index (κ1) is 18.8. The zero-order chi connectivity index (χ0) is 19.9. The Bertz CT molecular complexity index is 1030. The highest BCUT2D eigenvalue weighted by atomic mass is 35.5. The third-order valence-corrected chi connectivity index (χ3v) is 6.33. The van der Waals surface area contributed by atoms with E-state index < -0.39 is 10.0 Å². The number of nitrogens with one attached hydrogen (secondary N) is 3. The summed E-state index contributed by atoms with van der Waals surface area (Å²) in [5.74, 6) is 0.737. The van der Waals surface area contributed by atoms with Gasteiger partial charge in [-0.25, -0.2) is 18.6 Å². The number of fused-ring (bicyclic) bond motifs is 2. The molecule has 3 heterocycles. The van der Waals surface area contributed by atoms with Gasteiger partial charge in [-0.05, 0) is 36.8 Å². The topological polar surface area (TPSA) is 130 Å². The summed E-state index contributed by atoms with van der Waals surface area (Å²) in [4.78, 5) is 5.08. The average molecular weight is 424 g/mol. The fraction of sp³-hybridized carbons (Fsp3) is 0.235. The molecule has 0 amide bonds. The van der Waals surface area contributed by atoms with Gasteiger partial charge >= 0.3 is 0 Å². The third kappa shape index (κ3) is 3.47. The van der Waals surface area contributed by atoms with Gasteiger partial charge in [0.05, 0.1) is 23.4 Å². The normalized spacial score (nSPS) is 20.4. The van der Waals surface area contributed by atoms with Crippen molar-refractivity contribution in [1.29, 1.82) is 5.41 Å². The molecular weight excluding hydrogens is 406 g/mol. The molecule has 1 aromatic carbocycles. The molecule has 0 saturated heterocycles. The Balaban J connectivity index is 1.43. The molecule has 0 bridgehead atoms. The summed E-state index contributed by atoms with van der Waals surface area (Å²) < 4.78 is 33.5. The van der Waals surface area contributed by atoms with E-state index in [1.165, 1.54) is 23.4 Å². The van der Waals surface area contributed by atoms with Crippen molar-refractivity contribution >= 4 is 27.5 Å². The Morgan fingerprint density at radius 3 is 3.04 bits per heavy atom. The number of hydrogen-bond acceptors (Lipinski definition) is 7. The number of ether oxygens (including phenoxy) is 1. The van der Waals surface area contributed by atoms with Gasteiger partial charge in [0.1, 0.15) is 16.7 Å². The van der Waals surface area contributed by atoms with E-state index in [0.717, 1.165) is 11.3 Å². The number of amidine groups is 1. The summed E-state index contributed by atoms with van der Waals surface area (Å²) >= 11 is 6.06. The largest absolute Gasteiger partial charge is 0.493 e. The maximum absolute atomic E-state index is 12.6. The summed E-state index contributed by atoms with van der Waals surface area (Å²) in [5, 5.41) is 8.98. The minimum absolute atomic E-state index is 0.0158. The number of benzene rings is 1. The molecule has 148 valence electrons. The van der Waals surface area contributed by atoms with Gasteiger partial charge in [-0.2, -0.15) is 10.0 Å². The van der Waals surface area contributed by atoms with Crippen molar-refractivity contribution in [1.82, 2.24) is 15.3 Å². The standard InChI is InChI=1S/C17H18ClN5O4S/c18-16-7-13(6-12-8-21-27-23(12)16)28(24,25)22-4-3-11-9-26-15-2-1-10(17(19)20)5-14(11)15/h1-2,5-8,11,21-22H,3-4,9H2,(H3,19,20). The van der Waals surface area contributed by atoms with Crippen LogP contribution < -0.4 is 20.7 Å². The molecule has 1 atom stereocenters. The molecule has 5 N–H and O–H groups in total. The van der Waals surface area contributed by atoms with E-state index in [0.29, 0.717) is 24.3 Å². The highest BCUT2D eigenvalue weighted by Gasteiger charge is 2.29. The first-order chi connectivity index (χ1) is 13.3. The zero-order valence-electron chi connectivity index (χ0n) is 14.6. The number of allylic oxidation sites excluding steroid dienone is 2. The number of hydrogen-bond donors (Lipinski definition) is 4. The van der Waals surface area contributed by atoms with Crippen molar-refractivity contribution in [2.24, 2.45) is 5.73 Å². The molecule has 0 aromatic heterocycles. The lowest BCUT2D eigenvalue weighted by molar-refractivity contribution is -0.116. The maximum Gasteiger partial charge on any atom is 0.240 e. The monoisotopic (exact) mass is 423 g/mol. The van der Waals surface area contributed by atoms with Crippen molar-refractivity contribution < 1.29 is 18.1 Å². The highest BCUT2D eigenvalue weighted by Crippen LogP contribution is 2.36. The van der Waals surface area contributed by atoms with Crippen LogP contribution in [0.3, 0.4) is 0 Å². The lowest BCUT2D eigenvalue weighted by Crippen LogP contribution is -2.29. The predicted octanol–water partition coefficient (Wildman–Crippen LogP) is 1.33. The van der Waals surface area contributed by atoms with Crippen molar-refractivity contribution in [3.63, 3.8) is 0 Å². The predicted molar refractivity (Wildman–Crippen MR) is 103 cm³/mol. The number of hydroxylamine groups is 3. The lowest BCUT2D eigenvalue weighted by Gasteiger charge is -2.20. The quantitative estimate of drug-likeness (QED) is 0.308. The van der Waals surface area contributed by atoms with E-state index in [2.05, 4.69) is 10.2 Å². The molecule has 3 aliphatic heterocycles. The summed E-state index contributed by atoms with van der Waals surface area (Å²) in [6.07, 6.45) is 4.82. The Morgan fingerprint density at radius 1 is 1.43 bits per heavy atom. The average Bonchev–Trinajstić information content (AvgIpc) is 3.28. The van der Waals surface area contributed by atoms with Crippen LogP contribution in [0.5, 0.6) is 5.75 Å². The summed E-state index contributed by atoms with van der Waals surface area (Å²) in [6.45, 7) is 0.679. The molecule has 0 saturated carbocycles. The van der Waals surface area contributed by atoms with E-state index in [1.807, 2.05) is 6.07 Å². The van der Waals surface area contributed by atoms with Crippen molar-refractivity contribution in [2.45, 2.75) is 12.3 Å². The van der Waals surface area contributed by atoms with Crippen LogP contribution in [-0.4, -0.2) is 32.5 Å². The van der Waals surface area contributed by atoms with E-state index in [1.54, 1.807) is 12.1 Å². The van der Waals surface area contributed by atoms with Gasteiger partial charge in [0.2, 0.25) is 10.0 Å². The van der Waals surface area contributed by atoms with Crippen LogP contribution in [0.25, 0.3) is 0 Å². The highest BCUT2D eigenvalue weighted by molar-refractivity contribution is 7.93. The summed E-state index contributed by atoms with van der Waals surface area (Å²) in [6, 6.07) is 5.34. The first-order valence-corrected chi connectivity index (χ1v) is 10.3. The number of rotatable bonds is 6. The minimum atomic E-state index is -3.74. The molecule has 11 heteroatoms. The Labute approximate surface area is 166 Å². The molecule has 0 radical (unpaired) electrons. The summed E-state index contributed by atoms with van der Waals surface area (Å²) in [7, 11) is -3.74. The molecule has 3 aliphatic rings. The second-order valence-electron chi connectivity index (χ2n) is 6.45. The molecule has 4 rings (SSSR count). The fourth-order valence-corrected chi connectivity index (χ4v) is 4.58. The van der Waals surface area contributed by atoms with Gasteiger partial charge in [-0.1, -0.05) is 11.6 Å². The Morgan fingerprint density at radius 2 is 2.25 bits per heavy atom. The molecule has 1 aromatic rings. The smallest absolute Gasteiger partial charge is 0.240 e. The number of nitrogens with two attached hydrogens (primary N) is 1. The van der Waals surface area contributed by atoms with Crippen LogP contribution in [0.15, 0.2) is 52.3 Å². The lowest BCUT2D eigenvalue weighted by atomic mass is 9.96. The SMILES string of the molecule is N=C(N)c1ccc2c(c1)C(CCNS(=O)(=O)C1=CC3=CNON3C(Cl)=C1)CO2. The van der Waals surface area contributed by atoms with E-state index in [9.17, 15) is 8.42 Å². The van der Waals surface area contributed by atoms with Gasteiger partial charge in [-0.15, -0.1) is 0 Å². The molecule has 1 unspecified atom stereocenters. The second kappa shape index (κ2) is 7.13. The minimum Gasteiger partial charge on any atom is -0.493 e. The van der Waals surface area contributed by atoms with Crippen LogP contribution in [0.4, 0.5) is 0 Å². The van der Waals surface area contributed by atoms with Gasteiger partial charge in [0, 0.05) is 23.6 Å². The van der Waals surface area contributed by atoms with Crippen molar-refractivity contribution in [3.8, 4) is 5.75 Å². The van der Waals surface area contributed by atoms with Crippen LogP contribution in [0, 0.1) is 5.41 Å². The number of halogens is 1. The molecule has 0 fully saturated rings. The maximum atomic E-state index is 12.6. The summed E-state index contributed by atoms with van der Waals surface area (Å²) in [5.41, 5.74) is 10.1. The van der Waals surface area contributed by atoms with E-state index >= 15 is 0 Å². The number of nitrogen functional groups attached to an aromatic ring is 1. The van der Waals surface area contributed by atoms with Crippen LogP contribution in [0.2, 0.25) is 0 Å². The van der Waals surface area contributed by atoms with Crippen molar-refractivity contribution in [3.05, 3.63) is 63.4 Å². The van der Waals surface area contributed by atoms with Crippen LogP contribution in [0.1, 0.15) is 23.5 Å². The fourth-order valence-electron chi connectivity index (χ4n) is 3.17. The van der Waals surface area contributed by atoms with E-state index in [-0.39, 0.29) is 28.4 Å². The van der Waals surface area contributed by atoms with Crippen molar-refractivity contribution in [2.75, 3.05) is 13.2 Å². The third-order valence-electron chi connectivity index (χ3n) is 4.63. The molecule has 0 spiro atoms. The van der Waals surface area contributed by atoms with Gasteiger partial charge in [0.15, 0.2) is 0 Å². The molecular formula is C17H18ClN5O4S. The first-order valence-electron chi connectivity index (χ1n) is 8.47. The number of nitrogens with zero attached hydrogens (tertiary/aromatic N) is 1. The van der Waals surface area contributed by atoms with Gasteiger partial charge < -0.3 is 10.5 Å². The molecule has 9 nitrogen and oxygen atoms in total. The molecule has 0 aliphatic carbocycles. The van der Waals surface area contributed by atoms with E-state index in [4.69, 9.17) is 32.4 Å². The molecule has 28 heavy (non-hydrogen) atoms. The van der Waals surface area contributed by atoms with Gasteiger partial charge in [-0.3, -0.25) is 5.41 Å². The van der Waals surface area contributed by atoms with Gasteiger partial charge in [0.25, 0.3) is 0 Å². The zero-order valence-corrected chi connectivity index (χ0v) is 16.2. The van der Waals surface area contributed by atoms with Crippen LogP contribution in [-0.2, 0) is 15.0 Å². The van der Waals surface area contributed by atoms with Crippen LogP contribution >= 0.6 is 11.6 Å². The number of sulfonamides is 1.